The Morgan fingerprint density at radius 3 is 2.58 bits per heavy atom. The van der Waals surface area contributed by atoms with Gasteiger partial charge >= 0.3 is 0 Å². The molecule has 0 unspecified atom stereocenters. The third-order valence-electron chi connectivity index (χ3n) is 4.67. The van der Waals surface area contributed by atoms with Crippen molar-refractivity contribution in [2.75, 3.05) is 5.32 Å². The number of rotatable bonds is 5. The Labute approximate surface area is 143 Å². The van der Waals surface area contributed by atoms with Gasteiger partial charge in [0.05, 0.1) is 0 Å². The highest BCUT2D eigenvalue weighted by Gasteiger charge is 2.12. The monoisotopic (exact) mass is 320 g/mol. The molecule has 3 aromatic rings. The summed E-state index contributed by atoms with van der Waals surface area (Å²) in [6.45, 7) is 4.29. The molecule has 0 aliphatic heterocycles. The Morgan fingerprint density at radius 1 is 1.08 bits per heavy atom. The van der Waals surface area contributed by atoms with Crippen LogP contribution in [0.2, 0.25) is 0 Å². The average molecular weight is 320 g/mol. The summed E-state index contributed by atoms with van der Waals surface area (Å²) in [5.41, 5.74) is 6.06. The van der Waals surface area contributed by atoms with E-state index >= 15 is 0 Å². The number of hydrogen-bond acceptors (Lipinski definition) is 1. The molecule has 3 heteroatoms. The molecule has 0 aliphatic carbocycles. The maximum atomic E-state index is 12.1. The van der Waals surface area contributed by atoms with E-state index in [1.807, 2.05) is 30.3 Å². The minimum absolute atomic E-state index is 0.0790. The Bertz CT molecular complexity index is 862. The van der Waals surface area contributed by atoms with E-state index in [-0.39, 0.29) is 5.91 Å². The lowest BCUT2D eigenvalue weighted by atomic mass is 10.0. The maximum absolute atomic E-state index is 12.1. The fraction of sp³-hybridized carbons (Fsp3) is 0.286. The molecule has 0 bridgehead atoms. The quantitative estimate of drug-likeness (QED) is 0.723. The van der Waals surface area contributed by atoms with Crippen LogP contribution in [0.25, 0.3) is 10.9 Å². The standard InChI is InChI=1S/C21H24N2O/c1-15-12-13-20-19(14-15)18(16(2)23(20)3)10-7-11-21(24)22-17-8-5-4-6-9-17/h4-6,8-9,12-14H,7,10-11H2,1-3H3,(H,22,24). The molecule has 0 radical (unpaired) electrons. The van der Waals surface area contributed by atoms with Crippen molar-refractivity contribution in [3.8, 4) is 0 Å². The molecule has 2 aromatic carbocycles. The number of amides is 1. The van der Waals surface area contributed by atoms with E-state index in [0.717, 1.165) is 18.5 Å². The van der Waals surface area contributed by atoms with Crippen LogP contribution in [0.3, 0.4) is 0 Å². The number of nitrogens with one attached hydrogen (secondary N) is 1. The zero-order valence-electron chi connectivity index (χ0n) is 14.6. The summed E-state index contributed by atoms with van der Waals surface area (Å²) in [5.74, 6) is 0.0790. The molecular weight excluding hydrogens is 296 g/mol. The van der Waals surface area contributed by atoms with Gasteiger partial charge in [-0.15, -0.1) is 0 Å². The minimum Gasteiger partial charge on any atom is -0.348 e. The Hall–Kier alpha value is -2.55. The van der Waals surface area contributed by atoms with E-state index in [4.69, 9.17) is 0 Å². The normalized spacial score (nSPS) is 11.0. The molecule has 3 nitrogen and oxygen atoms in total. The lowest BCUT2D eigenvalue weighted by molar-refractivity contribution is -0.116. The van der Waals surface area contributed by atoms with Crippen LogP contribution in [0.5, 0.6) is 0 Å². The first-order valence-electron chi connectivity index (χ1n) is 8.45. The molecule has 0 spiro atoms. The van der Waals surface area contributed by atoms with Crippen molar-refractivity contribution in [1.82, 2.24) is 4.57 Å². The average Bonchev–Trinajstić information content (AvgIpc) is 2.80. The van der Waals surface area contributed by atoms with E-state index in [1.54, 1.807) is 0 Å². The zero-order valence-corrected chi connectivity index (χ0v) is 14.6. The first kappa shape index (κ1) is 16.3. The smallest absolute Gasteiger partial charge is 0.224 e. The maximum Gasteiger partial charge on any atom is 0.224 e. The van der Waals surface area contributed by atoms with Crippen molar-refractivity contribution < 1.29 is 4.79 Å². The lowest BCUT2D eigenvalue weighted by Crippen LogP contribution is -2.11. The Morgan fingerprint density at radius 2 is 1.83 bits per heavy atom. The molecule has 1 heterocycles. The highest BCUT2D eigenvalue weighted by Crippen LogP contribution is 2.27. The first-order valence-corrected chi connectivity index (χ1v) is 8.45. The van der Waals surface area contributed by atoms with Crippen molar-refractivity contribution in [2.24, 2.45) is 7.05 Å². The molecule has 1 N–H and O–H groups in total. The molecule has 0 saturated heterocycles. The first-order chi connectivity index (χ1) is 11.6. The molecule has 1 amide bonds. The van der Waals surface area contributed by atoms with Gasteiger partial charge in [0.15, 0.2) is 0 Å². The summed E-state index contributed by atoms with van der Waals surface area (Å²) in [4.78, 5) is 12.1. The SMILES string of the molecule is Cc1ccc2c(c1)c(CCCC(=O)Nc1ccccc1)c(C)n2C. The minimum atomic E-state index is 0.0790. The summed E-state index contributed by atoms with van der Waals surface area (Å²) < 4.78 is 2.24. The summed E-state index contributed by atoms with van der Waals surface area (Å²) in [7, 11) is 2.11. The predicted molar refractivity (Wildman–Crippen MR) is 100 cm³/mol. The molecule has 0 atom stereocenters. The number of benzene rings is 2. The third kappa shape index (κ3) is 3.35. The summed E-state index contributed by atoms with van der Waals surface area (Å²) in [6.07, 6.45) is 2.32. The number of aryl methyl sites for hydroxylation is 3. The predicted octanol–water partition coefficient (Wildman–Crippen LogP) is 4.76. The molecule has 24 heavy (non-hydrogen) atoms. The molecule has 1 aromatic heterocycles. The van der Waals surface area contributed by atoms with E-state index in [0.29, 0.717) is 6.42 Å². The van der Waals surface area contributed by atoms with Crippen LogP contribution >= 0.6 is 0 Å². The van der Waals surface area contributed by atoms with Crippen LogP contribution in [0.4, 0.5) is 5.69 Å². The number of carbonyl (C=O) groups excluding carboxylic acids is 1. The molecular formula is C21H24N2O. The Balaban J connectivity index is 1.67. The van der Waals surface area contributed by atoms with Crippen LogP contribution in [0, 0.1) is 13.8 Å². The number of carbonyl (C=O) groups is 1. The van der Waals surface area contributed by atoms with Crippen molar-refractivity contribution in [3.63, 3.8) is 0 Å². The summed E-state index contributed by atoms with van der Waals surface area (Å²) in [5, 5.41) is 4.27. The van der Waals surface area contributed by atoms with Crippen LogP contribution in [0.1, 0.15) is 29.7 Å². The zero-order chi connectivity index (χ0) is 17.1. The number of anilines is 1. The molecule has 0 saturated carbocycles. The van der Waals surface area contributed by atoms with Gasteiger partial charge in [-0.3, -0.25) is 4.79 Å². The fourth-order valence-electron chi connectivity index (χ4n) is 3.25. The lowest BCUT2D eigenvalue weighted by Gasteiger charge is -2.06. The molecule has 0 fully saturated rings. The topological polar surface area (TPSA) is 34.0 Å². The van der Waals surface area contributed by atoms with Gasteiger partial charge in [-0.05, 0) is 56.5 Å². The fourth-order valence-corrected chi connectivity index (χ4v) is 3.25. The van der Waals surface area contributed by atoms with Gasteiger partial charge in [0, 0.05) is 35.8 Å². The number of nitrogens with zero attached hydrogens (tertiary/aromatic N) is 1. The highest BCUT2D eigenvalue weighted by atomic mass is 16.1. The second-order valence-electron chi connectivity index (χ2n) is 6.41. The number of hydrogen-bond donors (Lipinski definition) is 1. The number of aromatic nitrogens is 1. The van der Waals surface area contributed by atoms with Gasteiger partial charge in [0.25, 0.3) is 0 Å². The second kappa shape index (κ2) is 6.91. The van der Waals surface area contributed by atoms with Gasteiger partial charge < -0.3 is 9.88 Å². The third-order valence-corrected chi connectivity index (χ3v) is 4.67. The number of para-hydroxylation sites is 1. The van der Waals surface area contributed by atoms with Gasteiger partial charge in [0.1, 0.15) is 0 Å². The van der Waals surface area contributed by atoms with Crippen molar-refractivity contribution >= 4 is 22.5 Å². The number of fused-ring (bicyclic) bond motifs is 1. The van der Waals surface area contributed by atoms with E-state index in [9.17, 15) is 4.79 Å². The van der Waals surface area contributed by atoms with Crippen molar-refractivity contribution in [3.05, 3.63) is 65.4 Å². The largest absolute Gasteiger partial charge is 0.348 e. The molecule has 0 aliphatic rings. The Kier molecular flexibility index (Phi) is 4.70. The van der Waals surface area contributed by atoms with E-state index in [2.05, 4.69) is 49.0 Å². The van der Waals surface area contributed by atoms with Gasteiger partial charge in [-0.1, -0.05) is 29.8 Å². The van der Waals surface area contributed by atoms with Crippen molar-refractivity contribution in [2.45, 2.75) is 33.1 Å². The van der Waals surface area contributed by atoms with Crippen LogP contribution < -0.4 is 5.32 Å². The van der Waals surface area contributed by atoms with Gasteiger partial charge in [0.2, 0.25) is 5.91 Å². The van der Waals surface area contributed by atoms with Gasteiger partial charge in [-0.25, -0.2) is 0 Å². The van der Waals surface area contributed by atoms with Crippen LogP contribution in [0.15, 0.2) is 48.5 Å². The van der Waals surface area contributed by atoms with Crippen LogP contribution in [-0.4, -0.2) is 10.5 Å². The molecule has 124 valence electrons. The van der Waals surface area contributed by atoms with E-state index in [1.165, 1.54) is 27.7 Å². The summed E-state index contributed by atoms with van der Waals surface area (Å²) >= 11 is 0. The van der Waals surface area contributed by atoms with E-state index < -0.39 is 0 Å². The molecule has 3 rings (SSSR count). The second-order valence-corrected chi connectivity index (χ2v) is 6.41. The van der Waals surface area contributed by atoms with Crippen LogP contribution in [-0.2, 0) is 18.3 Å². The highest BCUT2D eigenvalue weighted by molar-refractivity contribution is 5.90. The van der Waals surface area contributed by atoms with Crippen molar-refractivity contribution in [1.29, 1.82) is 0 Å². The summed E-state index contributed by atoms with van der Waals surface area (Å²) in [6, 6.07) is 16.2. The van der Waals surface area contributed by atoms with Gasteiger partial charge in [-0.2, -0.15) is 0 Å².